The number of aromatic nitrogens is 2. The number of hydrazine groups is 1. The van der Waals surface area contributed by atoms with E-state index >= 15 is 0 Å². The number of aryl methyl sites for hydroxylation is 2. The topological polar surface area (TPSA) is 98.0 Å². The molecule has 212 valence electrons. The third kappa shape index (κ3) is 5.37. The Bertz CT molecular complexity index is 1300. The van der Waals surface area contributed by atoms with E-state index in [2.05, 4.69) is 93.8 Å². The number of nitrogens with zero attached hydrogens (tertiary/aromatic N) is 6. The van der Waals surface area contributed by atoms with Crippen molar-refractivity contribution >= 4 is 23.1 Å². The van der Waals surface area contributed by atoms with Crippen molar-refractivity contribution < 1.29 is 4.74 Å². The van der Waals surface area contributed by atoms with Gasteiger partial charge in [0.15, 0.2) is 5.82 Å². The average Bonchev–Trinajstić information content (AvgIpc) is 3.24. The number of benzene rings is 2. The van der Waals surface area contributed by atoms with Gasteiger partial charge in [-0.25, -0.2) is 10.4 Å². The van der Waals surface area contributed by atoms with Gasteiger partial charge in [-0.1, -0.05) is 18.2 Å². The predicted molar refractivity (Wildman–Crippen MR) is 160 cm³/mol. The van der Waals surface area contributed by atoms with Gasteiger partial charge in [-0.2, -0.15) is 4.98 Å². The summed E-state index contributed by atoms with van der Waals surface area (Å²) in [5.41, 5.74) is 16.3. The molecule has 4 heterocycles. The largest absolute Gasteiger partial charge is 0.379 e. The summed E-state index contributed by atoms with van der Waals surface area (Å²) in [5, 5.41) is 5.51. The van der Waals surface area contributed by atoms with Crippen LogP contribution in [0.3, 0.4) is 0 Å². The minimum atomic E-state index is -0.918. The molecule has 1 aromatic heterocycles. The molecule has 4 N–H and O–H groups in total. The van der Waals surface area contributed by atoms with Gasteiger partial charge < -0.3 is 25.6 Å². The predicted octanol–water partition coefficient (Wildman–Crippen LogP) is 2.41. The Labute approximate surface area is 237 Å². The van der Waals surface area contributed by atoms with Gasteiger partial charge in [0, 0.05) is 69.9 Å². The van der Waals surface area contributed by atoms with Crippen molar-refractivity contribution in [2.45, 2.75) is 19.5 Å². The van der Waals surface area contributed by atoms with Crippen molar-refractivity contribution in [2.75, 3.05) is 87.8 Å². The molecule has 2 fully saturated rings. The second-order valence-electron chi connectivity index (χ2n) is 11.2. The Balaban J connectivity index is 1.25. The van der Waals surface area contributed by atoms with Crippen molar-refractivity contribution in [3.8, 4) is 0 Å². The maximum atomic E-state index is 7.20. The number of likely N-dealkylation sites (N-methyl/N-ethyl adjacent to an activating group) is 1. The van der Waals surface area contributed by atoms with Crippen LogP contribution in [0.2, 0.25) is 0 Å². The lowest BCUT2D eigenvalue weighted by atomic mass is 9.88. The van der Waals surface area contributed by atoms with E-state index in [4.69, 9.17) is 20.4 Å². The SMILES string of the molecule is Cc1cccc(C)c1C1(N)NN(CCN2CCOCC2)c2nc(Nc3ccc(N4CCN(C)CC4)cc3)ncc21. The van der Waals surface area contributed by atoms with Crippen molar-refractivity contribution in [1.82, 2.24) is 25.2 Å². The van der Waals surface area contributed by atoms with Crippen LogP contribution in [0.4, 0.5) is 23.1 Å². The van der Waals surface area contributed by atoms with Crippen LogP contribution >= 0.6 is 0 Å². The number of piperazine rings is 1. The summed E-state index contributed by atoms with van der Waals surface area (Å²) < 4.78 is 5.54. The second-order valence-corrected chi connectivity index (χ2v) is 11.2. The number of nitrogens with two attached hydrogens (primary N) is 1. The van der Waals surface area contributed by atoms with Crippen LogP contribution in [0.1, 0.15) is 22.3 Å². The average molecular weight is 544 g/mol. The van der Waals surface area contributed by atoms with E-state index in [-0.39, 0.29) is 0 Å². The Kier molecular flexibility index (Phi) is 7.61. The zero-order valence-corrected chi connectivity index (χ0v) is 23.9. The first-order valence-corrected chi connectivity index (χ1v) is 14.3. The van der Waals surface area contributed by atoms with E-state index in [1.165, 1.54) is 5.69 Å². The van der Waals surface area contributed by atoms with E-state index in [0.29, 0.717) is 5.95 Å². The zero-order valence-electron chi connectivity index (χ0n) is 23.9. The molecule has 1 unspecified atom stereocenters. The zero-order chi connectivity index (χ0) is 27.7. The summed E-state index contributed by atoms with van der Waals surface area (Å²) in [5.74, 6) is 1.36. The fourth-order valence-corrected chi connectivity index (χ4v) is 6.05. The van der Waals surface area contributed by atoms with Crippen LogP contribution in [0.5, 0.6) is 0 Å². The minimum Gasteiger partial charge on any atom is -0.379 e. The summed E-state index contributed by atoms with van der Waals surface area (Å²) >= 11 is 0. The van der Waals surface area contributed by atoms with Crippen molar-refractivity contribution in [2.24, 2.45) is 5.73 Å². The Morgan fingerprint density at radius 1 is 0.950 bits per heavy atom. The molecule has 0 radical (unpaired) electrons. The number of morpholine rings is 1. The van der Waals surface area contributed by atoms with E-state index < -0.39 is 5.66 Å². The lowest BCUT2D eigenvalue weighted by Crippen LogP contribution is -2.55. The Morgan fingerprint density at radius 3 is 2.35 bits per heavy atom. The molecule has 2 saturated heterocycles. The quantitative estimate of drug-likeness (QED) is 0.412. The van der Waals surface area contributed by atoms with Crippen LogP contribution in [-0.4, -0.2) is 92.4 Å². The highest BCUT2D eigenvalue weighted by Gasteiger charge is 2.44. The molecule has 1 atom stereocenters. The standard InChI is InChI=1S/C30H41N9O/c1-22-5-4-6-23(2)27(22)30(31)26-21-32-29(34-28(26)39(35-30)16-13-37-17-19-40-20-18-37)33-24-7-9-25(10-8-24)38-14-11-36(3)12-15-38/h4-10,21,35H,11-20,31H2,1-3H3,(H,32,33,34). The first kappa shape index (κ1) is 26.9. The number of nitrogens with one attached hydrogen (secondary N) is 2. The first-order valence-electron chi connectivity index (χ1n) is 14.3. The van der Waals surface area contributed by atoms with Crippen molar-refractivity contribution in [3.63, 3.8) is 0 Å². The molecule has 2 aromatic carbocycles. The van der Waals surface area contributed by atoms with E-state index in [9.17, 15) is 0 Å². The molecular weight excluding hydrogens is 502 g/mol. The Hall–Kier alpha value is -3.28. The molecule has 0 aliphatic carbocycles. The molecular formula is C30H41N9O. The maximum absolute atomic E-state index is 7.20. The normalized spacial score (nSPS) is 22.0. The van der Waals surface area contributed by atoms with Crippen LogP contribution in [0.15, 0.2) is 48.7 Å². The van der Waals surface area contributed by atoms with Crippen molar-refractivity contribution in [3.05, 3.63) is 70.9 Å². The highest BCUT2D eigenvalue weighted by atomic mass is 16.5. The number of fused-ring (bicyclic) bond motifs is 1. The smallest absolute Gasteiger partial charge is 0.229 e. The molecule has 0 bridgehead atoms. The Morgan fingerprint density at radius 2 is 1.65 bits per heavy atom. The first-order chi connectivity index (χ1) is 19.4. The maximum Gasteiger partial charge on any atom is 0.229 e. The van der Waals surface area contributed by atoms with Gasteiger partial charge in [0.25, 0.3) is 0 Å². The molecule has 0 saturated carbocycles. The number of rotatable bonds is 7. The van der Waals surface area contributed by atoms with Gasteiger partial charge >= 0.3 is 0 Å². The van der Waals surface area contributed by atoms with Crippen LogP contribution < -0.4 is 26.4 Å². The molecule has 3 aliphatic rings. The molecule has 3 aliphatic heterocycles. The van der Waals surface area contributed by atoms with E-state index in [0.717, 1.165) is 99.3 Å². The summed E-state index contributed by atoms with van der Waals surface area (Å²) in [4.78, 5) is 16.9. The van der Waals surface area contributed by atoms with Gasteiger partial charge in [0.2, 0.25) is 5.95 Å². The molecule has 40 heavy (non-hydrogen) atoms. The van der Waals surface area contributed by atoms with Gasteiger partial charge in [-0.15, -0.1) is 0 Å². The van der Waals surface area contributed by atoms with E-state index in [1.807, 2.05) is 6.20 Å². The highest BCUT2D eigenvalue weighted by molar-refractivity contribution is 5.65. The third-order valence-corrected chi connectivity index (χ3v) is 8.37. The molecule has 10 nitrogen and oxygen atoms in total. The van der Waals surface area contributed by atoms with E-state index in [1.54, 1.807) is 0 Å². The monoisotopic (exact) mass is 543 g/mol. The second kappa shape index (κ2) is 11.3. The van der Waals surface area contributed by atoms with Crippen LogP contribution in [-0.2, 0) is 10.4 Å². The number of ether oxygens (including phenoxy) is 1. The van der Waals surface area contributed by atoms with Gasteiger partial charge in [-0.05, 0) is 61.9 Å². The highest BCUT2D eigenvalue weighted by Crippen LogP contribution is 2.39. The number of hydrogen-bond donors (Lipinski definition) is 3. The van der Waals surface area contributed by atoms with Crippen LogP contribution in [0, 0.1) is 13.8 Å². The van der Waals surface area contributed by atoms with Crippen LogP contribution in [0.25, 0.3) is 0 Å². The fraction of sp³-hybridized carbons (Fsp3) is 0.467. The van der Waals surface area contributed by atoms with Crippen molar-refractivity contribution in [1.29, 1.82) is 0 Å². The fourth-order valence-electron chi connectivity index (χ4n) is 6.05. The lowest BCUT2D eigenvalue weighted by molar-refractivity contribution is 0.0388. The molecule has 3 aromatic rings. The molecule has 6 rings (SSSR count). The minimum absolute atomic E-state index is 0.551. The van der Waals surface area contributed by atoms with Gasteiger partial charge in [-0.3, -0.25) is 9.91 Å². The molecule has 10 heteroatoms. The third-order valence-electron chi connectivity index (χ3n) is 8.37. The summed E-state index contributed by atoms with van der Waals surface area (Å²) in [6, 6.07) is 14.8. The van der Waals surface area contributed by atoms with Gasteiger partial charge in [0.05, 0.1) is 18.8 Å². The summed E-state index contributed by atoms with van der Waals surface area (Å²) in [7, 11) is 2.18. The molecule has 0 amide bonds. The molecule has 0 spiro atoms. The van der Waals surface area contributed by atoms with Gasteiger partial charge in [0.1, 0.15) is 5.66 Å². The number of hydrogen-bond acceptors (Lipinski definition) is 10. The number of anilines is 4. The summed E-state index contributed by atoms with van der Waals surface area (Å²) in [6.45, 7) is 13.5. The summed E-state index contributed by atoms with van der Waals surface area (Å²) in [6.07, 6.45) is 1.87. The lowest BCUT2D eigenvalue weighted by Gasteiger charge is -2.34.